The number of aryl methyl sites for hydroxylation is 1. The predicted octanol–water partition coefficient (Wildman–Crippen LogP) is 5.21. The van der Waals surface area contributed by atoms with Crippen LogP contribution in [0.4, 0.5) is 17.5 Å². The molecule has 8 nitrogen and oxygen atoms in total. The largest absolute Gasteiger partial charge is 0.497 e. The van der Waals surface area contributed by atoms with Crippen molar-refractivity contribution in [2.24, 2.45) is 0 Å². The van der Waals surface area contributed by atoms with Gasteiger partial charge in [-0.25, -0.2) is 19.9 Å². The third-order valence-corrected chi connectivity index (χ3v) is 8.09. The number of hydrogen-bond acceptors (Lipinski definition) is 9. The smallest absolute Gasteiger partial charge is 0.220 e. The zero-order chi connectivity index (χ0) is 25.4. The summed E-state index contributed by atoms with van der Waals surface area (Å²) in [5.74, 6) is 2.20. The van der Waals surface area contributed by atoms with Crippen molar-refractivity contribution >= 4 is 49.8 Å². The first kappa shape index (κ1) is 23.4. The number of nitrogens with zero attached hydrogens (tertiary/aromatic N) is 5. The van der Waals surface area contributed by atoms with Gasteiger partial charge in [0.15, 0.2) is 0 Å². The second-order valence-electron chi connectivity index (χ2n) is 9.51. The van der Waals surface area contributed by atoms with E-state index in [0.29, 0.717) is 18.4 Å². The highest BCUT2D eigenvalue weighted by Gasteiger charge is 2.23. The van der Waals surface area contributed by atoms with Gasteiger partial charge in [-0.15, -0.1) is 11.3 Å². The minimum atomic E-state index is 0.298. The van der Waals surface area contributed by atoms with Gasteiger partial charge in [0.1, 0.15) is 17.9 Å². The SMILES string of the molecule is COc1ccc2cc(Cc3ccnc(N)n3)cc(NC3CCN(c4ncnc5c(C)csc45)CC3)c2c1. The lowest BCUT2D eigenvalue weighted by molar-refractivity contribution is 0.415. The third kappa shape index (κ3) is 4.74. The molecule has 0 spiro atoms. The maximum absolute atomic E-state index is 5.81. The van der Waals surface area contributed by atoms with Gasteiger partial charge >= 0.3 is 0 Å². The number of nitrogen functional groups attached to an aromatic ring is 1. The molecule has 1 saturated heterocycles. The molecule has 1 aliphatic rings. The molecule has 5 aromatic rings. The molecule has 37 heavy (non-hydrogen) atoms. The van der Waals surface area contributed by atoms with Gasteiger partial charge in [-0.3, -0.25) is 0 Å². The fraction of sp³-hybridized carbons (Fsp3) is 0.286. The summed E-state index contributed by atoms with van der Waals surface area (Å²) in [7, 11) is 1.71. The molecule has 1 aliphatic heterocycles. The van der Waals surface area contributed by atoms with E-state index in [0.717, 1.165) is 65.2 Å². The van der Waals surface area contributed by atoms with E-state index >= 15 is 0 Å². The van der Waals surface area contributed by atoms with Crippen LogP contribution < -0.4 is 20.7 Å². The highest BCUT2D eigenvalue weighted by molar-refractivity contribution is 7.18. The van der Waals surface area contributed by atoms with E-state index in [9.17, 15) is 0 Å². The molecule has 0 atom stereocenters. The maximum Gasteiger partial charge on any atom is 0.220 e. The Balaban J connectivity index is 1.25. The number of piperidine rings is 1. The fourth-order valence-corrected chi connectivity index (χ4v) is 6.12. The molecule has 4 heterocycles. The molecular weight excluding hydrogens is 482 g/mol. The van der Waals surface area contributed by atoms with Gasteiger partial charge in [0.05, 0.1) is 23.0 Å². The zero-order valence-electron chi connectivity index (χ0n) is 20.9. The number of methoxy groups -OCH3 is 1. The number of hydrogen-bond donors (Lipinski definition) is 2. The summed E-state index contributed by atoms with van der Waals surface area (Å²) in [4.78, 5) is 19.9. The number of nitrogens with one attached hydrogen (secondary N) is 1. The predicted molar refractivity (Wildman–Crippen MR) is 151 cm³/mol. The first-order valence-corrected chi connectivity index (χ1v) is 13.3. The monoisotopic (exact) mass is 511 g/mol. The lowest BCUT2D eigenvalue weighted by Gasteiger charge is -2.34. The molecular formula is C28H29N7OS. The van der Waals surface area contributed by atoms with Gasteiger partial charge in [-0.1, -0.05) is 12.1 Å². The first-order chi connectivity index (χ1) is 18.1. The van der Waals surface area contributed by atoms with Crippen molar-refractivity contribution in [2.75, 3.05) is 36.1 Å². The minimum Gasteiger partial charge on any atom is -0.497 e. The van der Waals surface area contributed by atoms with Gasteiger partial charge in [-0.2, -0.15) is 0 Å². The van der Waals surface area contributed by atoms with Crippen LogP contribution in [-0.4, -0.2) is 46.2 Å². The Bertz CT molecular complexity index is 1580. The van der Waals surface area contributed by atoms with Crippen LogP contribution in [-0.2, 0) is 6.42 Å². The summed E-state index contributed by atoms with van der Waals surface area (Å²) in [6.45, 7) is 4.00. The normalized spacial score (nSPS) is 14.4. The number of aromatic nitrogens is 4. The van der Waals surface area contributed by atoms with Crippen LogP contribution in [0.3, 0.4) is 0 Å². The van der Waals surface area contributed by atoms with E-state index in [1.54, 1.807) is 31.0 Å². The highest BCUT2D eigenvalue weighted by Crippen LogP contribution is 2.34. The molecule has 0 aliphatic carbocycles. The molecule has 1 fully saturated rings. The Morgan fingerprint density at radius 2 is 1.97 bits per heavy atom. The average molecular weight is 512 g/mol. The van der Waals surface area contributed by atoms with E-state index in [-0.39, 0.29) is 0 Å². The van der Waals surface area contributed by atoms with Crippen molar-refractivity contribution in [3.8, 4) is 5.75 Å². The number of rotatable bonds is 6. The Hall–Kier alpha value is -3.98. The summed E-state index contributed by atoms with van der Waals surface area (Å²) in [5.41, 5.74) is 11.3. The van der Waals surface area contributed by atoms with Gasteiger partial charge in [-0.05, 0) is 65.9 Å². The lowest BCUT2D eigenvalue weighted by atomic mass is 9.99. The van der Waals surface area contributed by atoms with E-state index in [2.05, 4.69) is 66.7 Å². The van der Waals surface area contributed by atoms with Crippen molar-refractivity contribution in [3.63, 3.8) is 0 Å². The van der Waals surface area contributed by atoms with Crippen LogP contribution in [0.2, 0.25) is 0 Å². The van der Waals surface area contributed by atoms with Gasteiger partial charge in [0.2, 0.25) is 5.95 Å². The number of thiophene rings is 1. The first-order valence-electron chi connectivity index (χ1n) is 12.5. The molecule has 188 valence electrons. The minimum absolute atomic E-state index is 0.298. The summed E-state index contributed by atoms with van der Waals surface area (Å²) >= 11 is 1.73. The molecule has 0 saturated carbocycles. The summed E-state index contributed by atoms with van der Waals surface area (Å²) in [6.07, 6.45) is 6.13. The van der Waals surface area contributed by atoms with E-state index in [4.69, 9.17) is 10.5 Å². The Labute approximate surface area is 219 Å². The molecule has 0 amide bonds. The summed E-state index contributed by atoms with van der Waals surface area (Å²) in [5, 5.41) is 8.34. The van der Waals surface area contributed by atoms with Crippen molar-refractivity contribution in [2.45, 2.75) is 32.2 Å². The van der Waals surface area contributed by atoms with Crippen LogP contribution in [0.1, 0.15) is 29.7 Å². The van der Waals surface area contributed by atoms with Gasteiger partial charge < -0.3 is 20.7 Å². The molecule has 6 rings (SSSR count). The molecule has 9 heteroatoms. The second kappa shape index (κ2) is 9.82. The standard InChI is InChI=1S/C28H29N7OS/c1-17-15-37-26-25(17)31-16-32-27(26)35-9-6-20(7-10-35)33-24-13-18(12-21-5-8-30-28(29)34-21)11-19-3-4-22(36-2)14-23(19)24/h3-5,8,11,13-16,20,33H,6-7,9-10,12H2,1-2H3,(H2,29,30,34). The quantitative estimate of drug-likeness (QED) is 0.321. The Morgan fingerprint density at radius 1 is 1.11 bits per heavy atom. The Kier molecular flexibility index (Phi) is 6.21. The lowest BCUT2D eigenvalue weighted by Crippen LogP contribution is -2.39. The van der Waals surface area contributed by atoms with Gasteiger partial charge in [0, 0.05) is 42.8 Å². The van der Waals surface area contributed by atoms with Crippen LogP contribution >= 0.6 is 11.3 Å². The highest BCUT2D eigenvalue weighted by atomic mass is 32.1. The number of ether oxygens (including phenoxy) is 1. The summed E-state index contributed by atoms with van der Waals surface area (Å²) in [6, 6.07) is 12.9. The zero-order valence-corrected chi connectivity index (χ0v) is 21.8. The number of anilines is 3. The molecule has 3 N–H and O–H groups in total. The molecule has 3 aromatic heterocycles. The van der Waals surface area contributed by atoms with Crippen LogP contribution in [0, 0.1) is 6.92 Å². The van der Waals surface area contributed by atoms with Crippen LogP contribution in [0.25, 0.3) is 21.0 Å². The van der Waals surface area contributed by atoms with Crippen LogP contribution in [0.15, 0.2) is 54.3 Å². The number of nitrogens with two attached hydrogens (primary N) is 1. The molecule has 0 unspecified atom stereocenters. The molecule has 0 bridgehead atoms. The Morgan fingerprint density at radius 3 is 2.78 bits per heavy atom. The summed E-state index contributed by atoms with van der Waals surface area (Å²) < 4.78 is 6.71. The number of benzene rings is 2. The average Bonchev–Trinajstić information content (AvgIpc) is 3.30. The molecule has 0 radical (unpaired) electrons. The van der Waals surface area contributed by atoms with E-state index in [1.165, 1.54) is 15.8 Å². The number of fused-ring (bicyclic) bond motifs is 2. The van der Waals surface area contributed by atoms with Crippen molar-refractivity contribution in [1.29, 1.82) is 0 Å². The topological polar surface area (TPSA) is 102 Å². The van der Waals surface area contributed by atoms with Crippen molar-refractivity contribution in [3.05, 3.63) is 71.1 Å². The van der Waals surface area contributed by atoms with E-state index < -0.39 is 0 Å². The molecule has 2 aromatic carbocycles. The third-order valence-electron chi connectivity index (χ3n) is 7.00. The van der Waals surface area contributed by atoms with E-state index in [1.807, 2.05) is 12.1 Å². The van der Waals surface area contributed by atoms with Gasteiger partial charge in [0.25, 0.3) is 0 Å². The fourth-order valence-electron chi connectivity index (χ4n) is 5.11. The van der Waals surface area contributed by atoms with Crippen molar-refractivity contribution < 1.29 is 4.74 Å². The van der Waals surface area contributed by atoms with Crippen LogP contribution in [0.5, 0.6) is 5.75 Å². The van der Waals surface area contributed by atoms with Crippen molar-refractivity contribution in [1.82, 2.24) is 19.9 Å². The maximum atomic E-state index is 5.81. The second-order valence-corrected chi connectivity index (χ2v) is 10.4.